The highest BCUT2D eigenvalue weighted by molar-refractivity contribution is 7.91. The van der Waals surface area contributed by atoms with Crippen molar-refractivity contribution in [1.82, 2.24) is 4.98 Å². The Kier molecular flexibility index (Phi) is 3.35. The van der Waals surface area contributed by atoms with Crippen molar-refractivity contribution >= 4 is 33.0 Å². The van der Waals surface area contributed by atoms with Crippen LogP contribution >= 0.6 is 11.6 Å². The molecule has 0 bridgehead atoms. The molecule has 5 nitrogen and oxygen atoms in total. The molecule has 0 saturated carbocycles. The lowest BCUT2D eigenvalue weighted by Gasteiger charge is -2.09. The zero-order valence-electron chi connectivity index (χ0n) is 8.89. The number of aromatic nitrogens is 1. The van der Waals surface area contributed by atoms with Crippen molar-refractivity contribution in [2.24, 2.45) is 5.92 Å². The van der Waals surface area contributed by atoms with Gasteiger partial charge in [0.1, 0.15) is 0 Å². The number of nitrogens with one attached hydrogen (secondary N) is 1. The summed E-state index contributed by atoms with van der Waals surface area (Å²) in [5, 5.41) is 2.98. The van der Waals surface area contributed by atoms with E-state index in [1.54, 1.807) is 6.07 Å². The van der Waals surface area contributed by atoms with E-state index >= 15 is 0 Å². The van der Waals surface area contributed by atoms with E-state index in [-0.39, 0.29) is 17.4 Å². The SMILES string of the molecule is O=C(Nc1cnccc1Cl)C1CCS(=O)(=O)C1. The van der Waals surface area contributed by atoms with Gasteiger partial charge >= 0.3 is 0 Å². The van der Waals surface area contributed by atoms with Crippen molar-refractivity contribution in [2.45, 2.75) is 6.42 Å². The van der Waals surface area contributed by atoms with Gasteiger partial charge in [0, 0.05) is 6.20 Å². The summed E-state index contributed by atoms with van der Waals surface area (Å²) in [5.74, 6) is -0.819. The minimum atomic E-state index is -3.05. The maximum Gasteiger partial charge on any atom is 0.228 e. The van der Waals surface area contributed by atoms with Crippen molar-refractivity contribution < 1.29 is 13.2 Å². The number of carbonyl (C=O) groups is 1. The quantitative estimate of drug-likeness (QED) is 0.876. The van der Waals surface area contributed by atoms with E-state index in [0.29, 0.717) is 17.1 Å². The molecule has 1 fully saturated rings. The molecule has 0 aromatic carbocycles. The third kappa shape index (κ3) is 2.95. The normalized spacial score (nSPS) is 22.3. The lowest BCUT2D eigenvalue weighted by molar-refractivity contribution is -0.119. The predicted octanol–water partition coefficient (Wildman–Crippen LogP) is 1.11. The lowest BCUT2D eigenvalue weighted by Crippen LogP contribution is -2.23. The minimum absolute atomic E-state index is 0.0753. The first-order valence-corrected chi connectivity index (χ1v) is 7.29. The van der Waals surface area contributed by atoms with Gasteiger partial charge in [-0.25, -0.2) is 8.42 Å². The zero-order valence-corrected chi connectivity index (χ0v) is 10.5. The van der Waals surface area contributed by atoms with E-state index in [9.17, 15) is 13.2 Å². The van der Waals surface area contributed by atoms with Crippen LogP contribution in [0, 0.1) is 5.92 Å². The molecule has 1 aliphatic heterocycles. The second-order valence-electron chi connectivity index (χ2n) is 3.94. The van der Waals surface area contributed by atoms with Gasteiger partial charge in [0.05, 0.1) is 34.3 Å². The van der Waals surface area contributed by atoms with E-state index in [0.717, 1.165) is 0 Å². The fraction of sp³-hybridized carbons (Fsp3) is 0.400. The largest absolute Gasteiger partial charge is 0.323 e. The molecule has 92 valence electrons. The third-order valence-corrected chi connectivity index (χ3v) is 4.73. The van der Waals surface area contributed by atoms with Gasteiger partial charge in [-0.05, 0) is 12.5 Å². The van der Waals surface area contributed by atoms with E-state index in [1.165, 1.54) is 12.4 Å². The molecule has 0 spiro atoms. The van der Waals surface area contributed by atoms with Crippen LogP contribution in [0.15, 0.2) is 18.5 Å². The Morgan fingerprint density at radius 1 is 1.53 bits per heavy atom. The Balaban J connectivity index is 2.06. The summed E-state index contributed by atoms with van der Waals surface area (Å²) < 4.78 is 22.5. The van der Waals surface area contributed by atoms with Crippen LogP contribution in [-0.4, -0.2) is 30.8 Å². The average molecular weight is 275 g/mol. The average Bonchev–Trinajstić information content (AvgIpc) is 2.62. The molecule has 2 heterocycles. The van der Waals surface area contributed by atoms with Crippen LogP contribution in [0.3, 0.4) is 0 Å². The molecule has 1 unspecified atom stereocenters. The summed E-state index contributed by atoms with van der Waals surface area (Å²) in [6.45, 7) is 0. The number of nitrogens with zero attached hydrogens (tertiary/aromatic N) is 1. The monoisotopic (exact) mass is 274 g/mol. The summed E-state index contributed by atoms with van der Waals surface area (Å²) in [6, 6.07) is 1.56. The molecule has 0 radical (unpaired) electrons. The molecule has 0 aliphatic carbocycles. The molecular weight excluding hydrogens is 264 g/mol. The molecular formula is C10H11ClN2O3S. The van der Waals surface area contributed by atoms with Gasteiger partial charge in [-0.1, -0.05) is 11.6 Å². The summed E-state index contributed by atoms with van der Waals surface area (Å²) >= 11 is 5.86. The first kappa shape index (κ1) is 12.3. The van der Waals surface area contributed by atoms with Crippen LogP contribution in [0.1, 0.15) is 6.42 Å². The van der Waals surface area contributed by atoms with E-state index in [4.69, 9.17) is 11.6 Å². The first-order chi connectivity index (χ1) is 7.98. The molecule has 2 rings (SSSR count). The molecule has 1 saturated heterocycles. The first-order valence-electron chi connectivity index (χ1n) is 5.09. The highest BCUT2D eigenvalue weighted by atomic mass is 35.5. The fourth-order valence-electron chi connectivity index (χ4n) is 1.71. The molecule has 1 atom stereocenters. The van der Waals surface area contributed by atoms with Gasteiger partial charge in [0.2, 0.25) is 5.91 Å². The topological polar surface area (TPSA) is 76.1 Å². The van der Waals surface area contributed by atoms with Crippen molar-refractivity contribution in [3.63, 3.8) is 0 Å². The Morgan fingerprint density at radius 2 is 2.29 bits per heavy atom. The van der Waals surface area contributed by atoms with E-state index < -0.39 is 15.8 Å². The van der Waals surface area contributed by atoms with Crippen molar-refractivity contribution in [2.75, 3.05) is 16.8 Å². The van der Waals surface area contributed by atoms with E-state index in [1.807, 2.05) is 0 Å². The predicted molar refractivity (Wildman–Crippen MR) is 64.6 cm³/mol. The molecule has 1 aromatic heterocycles. The molecule has 1 N–H and O–H groups in total. The number of pyridine rings is 1. The summed E-state index contributed by atoms with van der Waals surface area (Å²) in [4.78, 5) is 15.6. The number of sulfone groups is 1. The fourth-order valence-corrected chi connectivity index (χ4v) is 3.60. The number of hydrogen-bond acceptors (Lipinski definition) is 4. The standard InChI is InChI=1S/C10H11ClN2O3S/c11-8-1-3-12-5-9(8)13-10(14)7-2-4-17(15,16)6-7/h1,3,5,7H,2,4,6H2,(H,13,14). The van der Waals surface area contributed by atoms with Gasteiger partial charge < -0.3 is 5.32 Å². The molecule has 7 heteroatoms. The number of amides is 1. The summed E-state index contributed by atoms with van der Waals surface area (Å²) in [7, 11) is -3.05. The highest BCUT2D eigenvalue weighted by Crippen LogP contribution is 2.23. The molecule has 17 heavy (non-hydrogen) atoms. The molecule has 1 aromatic rings. The number of rotatable bonds is 2. The Morgan fingerprint density at radius 3 is 2.88 bits per heavy atom. The molecule has 1 amide bonds. The summed E-state index contributed by atoms with van der Waals surface area (Å²) in [5.41, 5.74) is 0.406. The maximum absolute atomic E-state index is 11.8. The van der Waals surface area contributed by atoms with Gasteiger partial charge in [-0.15, -0.1) is 0 Å². The van der Waals surface area contributed by atoms with E-state index in [2.05, 4.69) is 10.3 Å². The van der Waals surface area contributed by atoms with Gasteiger partial charge in [0.25, 0.3) is 0 Å². The van der Waals surface area contributed by atoms with Crippen LogP contribution in [0.5, 0.6) is 0 Å². The smallest absolute Gasteiger partial charge is 0.228 e. The summed E-state index contributed by atoms with van der Waals surface area (Å²) in [6.07, 6.45) is 3.31. The Labute approximate surface area is 104 Å². The van der Waals surface area contributed by atoms with Gasteiger partial charge in [0.15, 0.2) is 9.84 Å². The Bertz CT molecular complexity index is 544. The van der Waals surface area contributed by atoms with Crippen LogP contribution < -0.4 is 5.32 Å². The van der Waals surface area contributed by atoms with Crippen molar-refractivity contribution in [3.05, 3.63) is 23.5 Å². The Hall–Kier alpha value is -1.14. The van der Waals surface area contributed by atoms with Gasteiger partial charge in [-0.2, -0.15) is 0 Å². The highest BCUT2D eigenvalue weighted by Gasteiger charge is 2.33. The van der Waals surface area contributed by atoms with Crippen LogP contribution in [-0.2, 0) is 14.6 Å². The van der Waals surface area contributed by atoms with Crippen LogP contribution in [0.2, 0.25) is 5.02 Å². The van der Waals surface area contributed by atoms with Crippen molar-refractivity contribution in [1.29, 1.82) is 0 Å². The molecule has 1 aliphatic rings. The number of hydrogen-bond donors (Lipinski definition) is 1. The third-order valence-electron chi connectivity index (χ3n) is 2.63. The van der Waals surface area contributed by atoms with Gasteiger partial charge in [-0.3, -0.25) is 9.78 Å². The second kappa shape index (κ2) is 4.62. The van der Waals surface area contributed by atoms with Crippen LogP contribution in [0.4, 0.5) is 5.69 Å². The van der Waals surface area contributed by atoms with Crippen LogP contribution in [0.25, 0.3) is 0 Å². The number of halogens is 1. The minimum Gasteiger partial charge on any atom is -0.323 e. The number of carbonyl (C=O) groups excluding carboxylic acids is 1. The zero-order chi connectivity index (χ0) is 12.5. The number of anilines is 1. The maximum atomic E-state index is 11.8. The lowest BCUT2D eigenvalue weighted by atomic mass is 10.1. The second-order valence-corrected chi connectivity index (χ2v) is 6.58. The van der Waals surface area contributed by atoms with Crippen molar-refractivity contribution in [3.8, 4) is 0 Å².